The van der Waals surface area contributed by atoms with Gasteiger partial charge in [-0.1, -0.05) is 6.07 Å². The summed E-state index contributed by atoms with van der Waals surface area (Å²) in [6.07, 6.45) is 1.62. The van der Waals surface area contributed by atoms with E-state index in [1.807, 2.05) is 42.5 Å². The van der Waals surface area contributed by atoms with Crippen LogP contribution < -0.4 is 24.3 Å². The van der Waals surface area contributed by atoms with Crippen LogP contribution in [0.1, 0.15) is 28.7 Å². The number of rotatable bonds is 3. The molecule has 4 heterocycles. The Hall–Kier alpha value is -3.81. The van der Waals surface area contributed by atoms with Crippen LogP contribution in [0.2, 0.25) is 0 Å². The van der Waals surface area contributed by atoms with Crippen molar-refractivity contribution in [2.45, 2.75) is 12.0 Å². The Morgan fingerprint density at radius 3 is 2.34 bits per heavy atom. The van der Waals surface area contributed by atoms with Gasteiger partial charge >= 0.3 is 5.97 Å². The molecule has 3 aromatic rings. The number of carbonyl (C=O) groups excluding carboxylic acids is 1. The van der Waals surface area contributed by atoms with Gasteiger partial charge in [-0.05, 0) is 47.0 Å². The molecule has 7 rings (SSSR count). The molecular weight excluding hydrogens is 414 g/mol. The maximum absolute atomic E-state index is 13.0. The average molecular weight is 433 g/mol. The van der Waals surface area contributed by atoms with Crippen molar-refractivity contribution in [3.05, 3.63) is 65.4 Å². The number of hydrogen-bond acceptors (Lipinski definition) is 8. The zero-order valence-electron chi connectivity index (χ0n) is 16.9. The van der Waals surface area contributed by atoms with Gasteiger partial charge in [-0.3, -0.25) is 4.79 Å². The number of carbonyl (C=O) groups is 1. The third kappa shape index (κ3) is 2.52. The lowest BCUT2D eigenvalue weighted by atomic mass is 9.65. The van der Waals surface area contributed by atoms with Crippen molar-refractivity contribution in [3.63, 3.8) is 0 Å². The van der Waals surface area contributed by atoms with Crippen LogP contribution in [0, 0.1) is 11.8 Å². The van der Waals surface area contributed by atoms with E-state index in [-0.39, 0.29) is 43.4 Å². The van der Waals surface area contributed by atoms with E-state index in [1.165, 1.54) is 0 Å². The number of esters is 1. The van der Waals surface area contributed by atoms with Gasteiger partial charge in [0.1, 0.15) is 0 Å². The zero-order valence-corrected chi connectivity index (χ0v) is 16.9. The summed E-state index contributed by atoms with van der Waals surface area (Å²) >= 11 is 0. The van der Waals surface area contributed by atoms with Crippen LogP contribution in [0.3, 0.4) is 0 Å². The first-order chi connectivity index (χ1) is 15.8. The van der Waals surface area contributed by atoms with Crippen molar-refractivity contribution in [3.8, 4) is 23.0 Å². The third-order valence-corrected chi connectivity index (χ3v) is 6.76. The minimum atomic E-state index is -0.365. The molecule has 4 aliphatic rings. The van der Waals surface area contributed by atoms with E-state index in [1.54, 1.807) is 6.26 Å². The molecule has 0 radical (unpaired) electrons. The van der Waals surface area contributed by atoms with Crippen molar-refractivity contribution in [1.29, 1.82) is 0 Å². The lowest BCUT2D eigenvalue weighted by Crippen LogP contribution is -2.37. The first kappa shape index (κ1) is 17.8. The first-order valence-electron chi connectivity index (χ1n) is 10.6. The fourth-order valence-electron chi connectivity index (χ4n) is 5.37. The molecule has 8 nitrogen and oxygen atoms in total. The molecule has 3 aliphatic heterocycles. The molecule has 2 aromatic carbocycles. The van der Waals surface area contributed by atoms with E-state index in [0.717, 1.165) is 16.7 Å². The van der Waals surface area contributed by atoms with Crippen LogP contribution in [0.15, 0.2) is 53.1 Å². The van der Waals surface area contributed by atoms with Crippen molar-refractivity contribution >= 4 is 11.9 Å². The van der Waals surface area contributed by atoms with Crippen LogP contribution in [0.4, 0.5) is 5.88 Å². The van der Waals surface area contributed by atoms with E-state index in [2.05, 4.69) is 5.32 Å². The fourth-order valence-corrected chi connectivity index (χ4v) is 5.37. The van der Waals surface area contributed by atoms with Crippen LogP contribution in [0.5, 0.6) is 23.0 Å². The molecule has 162 valence electrons. The summed E-state index contributed by atoms with van der Waals surface area (Å²) in [5, 5.41) is 3.47. The van der Waals surface area contributed by atoms with Gasteiger partial charge in [0.25, 0.3) is 0 Å². The highest BCUT2D eigenvalue weighted by molar-refractivity contribution is 5.79. The summed E-state index contributed by atoms with van der Waals surface area (Å²) in [7, 11) is 0. The molecule has 0 bridgehead atoms. The maximum Gasteiger partial charge on any atom is 0.310 e. The molecule has 0 amide bonds. The van der Waals surface area contributed by atoms with E-state index in [9.17, 15) is 4.79 Å². The second kappa shape index (κ2) is 6.59. The lowest BCUT2D eigenvalue weighted by molar-refractivity contribution is -0.141. The molecule has 1 aromatic heterocycles. The summed E-state index contributed by atoms with van der Waals surface area (Å²) in [6, 6.07) is 13.4. The van der Waals surface area contributed by atoms with Gasteiger partial charge in [0, 0.05) is 17.9 Å². The Bertz CT molecular complexity index is 1220. The standard InChI is InChI=1S/C24H19NO7/c26-24-22-15(9-28-24)23(25-20-2-1-5-27-20)14-8-19-18(31-11-32-19)7-13(14)21(22)12-3-4-16-17(6-12)30-10-29-16/h1-8,15,21-23,25H,9-11H2/t15-,21-,22-,23+/m0/s1. The second-order valence-corrected chi connectivity index (χ2v) is 8.34. The average Bonchev–Trinajstić information content (AvgIpc) is 3.60. The van der Waals surface area contributed by atoms with Crippen molar-refractivity contribution < 1.29 is 32.9 Å². The van der Waals surface area contributed by atoms with Crippen LogP contribution in [-0.2, 0) is 9.53 Å². The van der Waals surface area contributed by atoms with Crippen LogP contribution >= 0.6 is 0 Å². The molecule has 1 saturated heterocycles. The number of hydrogen-bond donors (Lipinski definition) is 1. The molecule has 0 spiro atoms. The van der Waals surface area contributed by atoms with Gasteiger partial charge in [0.2, 0.25) is 13.6 Å². The Morgan fingerprint density at radius 1 is 0.812 bits per heavy atom. The highest BCUT2D eigenvalue weighted by Gasteiger charge is 2.52. The van der Waals surface area contributed by atoms with Gasteiger partial charge in [0.15, 0.2) is 28.9 Å². The smallest absolute Gasteiger partial charge is 0.310 e. The van der Waals surface area contributed by atoms with Crippen molar-refractivity contribution in [1.82, 2.24) is 0 Å². The van der Waals surface area contributed by atoms with E-state index < -0.39 is 0 Å². The fraction of sp³-hybridized carbons (Fsp3) is 0.292. The maximum atomic E-state index is 13.0. The van der Waals surface area contributed by atoms with Gasteiger partial charge in [-0.2, -0.15) is 0 Å². The Kier molecular flexibility index (Phi) is 3.67. The SMILES string of the molecule is O=C1OC[C@H]2[C@H]1[C@@H](c1ccc3c(c1)OCO3)c1cc3c(cc1[C@H]2Nc1ccco1)OCO3. The van der Waals surface area contributed by atoms with Gasteiger partial charge in [0.05, 0.1) is 24.8 Å². The van der Waals surface area contributed by atoms with Crippen molar-refractivity contribution in [2.75, 3.05) is 25.5 Å². The summed E-state index contributed by atoms with van der Waals surface area (Å²) in [6.45, 7) is 0.705. The number of benzene rings is 2. The number of anilines is 1. The van der Waals surface area contributed by atoms with Crippen LogP contribution in [-0.4, -0.2) is 26.2 Å². The number of nitrogens with one attached hydrogen (secondary N) is 1. The number of ether oxygens (including phenoxy) is 5. The predicted octanol–water partition coefficient (Wildman–Crippen LogP) is 3.82. The van der Waals surface area contributed by atoms with E-state index in [4.69, 9.17) is 28.1 Å². The van der Waals surface area contributed by atoms with Gasteiger partial charge in [-0.25, -0.2) is 0 Å². The minimum absolute atomic E-state index is 0.0871. The minimum Gasteiger partial charge on any atom is -0.465 e. The lowest BCUT2D eigenvalue weighted by Gasteiger charge is -2.39. The van der Waals surface area contributed by atoms with Crippen molar-refractivity contribution in [2.24, 2.45) is 11.8 Å². The highest BCUT2D eigenvalue weighted by atomic mass is 16.7. The van der Waals surface area contributed by atoms with Gasteiger partial charge in [-0.15, -0.1) is 0 Å². The molecule has 8 heteroatoms. The summed E-state index contributed by atoms with van der Waals surface area (Å²) in [5.74, 6) is 2.53. The van der Waals surface area contributed by atoms with Crippen LogP contribution in [0.25, 0.3) is 0 Å². The number of cyclic esters (lactones) is 1. The number of fused-ring (bicyclic) bond motifs is 4. The Balaban J connectivity index is 1.42. The molecule has 1 fully saturated rings. The van der Waals surface area contributed by atoms with E-state index in [0.29, 0.717) is 35.5 Å². The quantitative estimate of drug-likeness (QED) is 0.624. The Labute approximate surface area is 183 Å². The summed E-state index contributed by atoms with van der Waals surface area (Å²) in [4.78, 5) is 13.0. The Morgan fingerprint density at radius 2 is 1.56 bits per heavy atom. The van der Waals surface area contributed by atoms with E-state index >= 15 is 0 Å². The molecule has 1 N–H and O–H groups in total. The monoisotopic (exact) mass is 433 g/mol. The summed E-state index contributed by atoms with van der Waals surface area (Å²) < 4.78 is 33.6. The predicted molar refractivity (Wildman–Crippen MR) is 110 cm³/mol. The molecule has 32 heavy (non-hydrogen) atoms. The zero-order chi connectivity index (χ0) is 21.2. The molecule has 0 unspecified atom stereocenters. The molecular formula is C24H19NO7. The molecule has 4 atom stereocenters. The second-order valence-electron chi connectivity index (χ2n) is 8.34. The highest BCUT2D eigenvalue weighted by Crippen LogP contribution is 2.55. The topological polar surface area (TPSA) is 88.4 Å². The summed E-state index contributed by atoms with van der Waals surface area (Å²) in [5.41, 5.74) is 3.00. The van der Waals surface area contributed by atoms with Gasteiger partial charge < -0.3 is 33.4 Å². The first-order valence-corrected chi connectivity index (χ1v) is 10.6. The molecule has 0 saturated carbocycles. The normalized spacial score (nSPS) is 26.4. The number of furan rings is 1. The molecule has 1 aliphatic carbocycles. The largest absolute Gasteiger partial charge is 0.465 e. The third-order valence-electron chi connectivity index (χ3n) is 6.76.